The zero-order valence-corrected chi connectivity index (χ0v) is 13.1. The molecule has 0 saturated carbocycles. The molecule has 2 aromatic carbocycles. The Morgan fingerprint density at radius 3 is 2.64 bits per heavy atom. The van der Waals surface area contributed by atoms with Crippen LogP contribution < -0.4 is 15.7 Å². The molecule has 126 valence electrons. The Labute approximate surface area is 141 Å². The minimum Gasteiger partial charge on any atom is -0.497 e. The summed E-state index contributed by atoms with van der Waals surface area (Å²) in [6.45, 7) is 0. The van der Waals surface area contributed by atoms with E-state index in [0.717, 1.165) is 0 Å². The van der Waals surface area contributed by atoms with Gasteiger partial charge in [-0.1, -0.05) is 6.07 Å². The van der Waals surface area contributed by atoms with E-state index in [9.17, 15) is 14.4 Å². The number of benzene rings is 2. The van der Waals surface area contributed by atoms with Crippen LogP contribution >= 0.6 is 0 Å². The Morgan fingerprint density at radius 2 is 1.92 bits per heavy atom. The maximum atomic E-state index is 12.4. The van der Waals surface area contributed by atoms with Crippen molar-refractivity contribution >= 4 is 28.5 Å². The van der Waals surface area contributed by atoms with Gasteiger partial charge in [-0.15, -0.1) is 0 Å². The van der Waals surface area contributed by atoms with Crippen LogP contribution in [0.2, 0.25) is 0 Å². The van der Waals surface area contributed by atoms with Crippen molar-refractivity contribution in [1.29, 1.82) is 0 Å². The molecule has 0 unspecified atom stereocenters. The Bertz CT molecular complexity index is 1040. The highest BCUT2D eigenvalue weighted by molar-refractivity contribution is 6.06. The Kier molecular flexibility index (Phi) is 4.21. The van der Waals surface area contributed by atoms with Gasteiger partial charge in [0.2, 0.25) is 0 Å². The third-order valence-electron chi connectivity index (χ3n) is 3.55. The second kappa shape index (κ2) is 6.48. The summed E-state index contributed by atoms with van der Waals surface area (Å²) < 4.78 is 10.3. The van der Waals surface area contributed by atoms with Crippen LogP contribution in [0.5, 0.6) is 5.75 Å². The number of carbonyl (C=O) groups is 2. The Morgan fingerprint density at radius 1 is 1.12 bits per heavy atom. The van der Waals surface area contributed by atoms with Crippen LogP contribution in [-0.2, 0) is 0 Å². The second-order valence-electron chi connectivity index (χ2n) is 5.19. The van der Waals surface area contributed by atoms with Crippen LogP contribution in [0.1, 0.15) is 20.7 Å². The first-order valence-corrected chi connectivity index (χ1v) is 7.24. The highest BCUT2D eigenvalue weighted by atomic mass is 16.5. The lowest BCUT2D eigenvalue weighted by Gasteiger charge is -2.07. The topological polar surface area (TPSA) is 106 Å². The molecule has 0 aliphatic heterocycles. The number of carboxylic acids is 1. The van der Waals surface area contributed by atoms with Gasteiger partial charge in [-0.25, -0.2) is 9.59 Å². The SMILES string of the molecule is COc1ccc2oc(=O)c(C(=O)Nc3cccc(C(=O)O)c3)cc2c1. The molecular formula is C18H13NO6. The van der Waals surface area contributed by atoms with Crippen LogP contribution in [-0.4, -0.2) is 24.1 Å². The summed E-state index contributed by atoms with van der Waals surface area (Å²) in [5.41, 5.74) is -0.371. The van der Waals surface area contributed by atoms with Crippen LogP contribution in [0.25, 0.3) is 11.0 Å². The summed E-state index contributed by atoms with van der Waals surface area (Å²) in [7, 11) is 1.50. The van der Waals surface area contributed by atoms with E-state index >= 15 is 0 Å². The lowest BCUT2D eigenvalue weighted by atomic mass is 10.1. The molecule has 3 aromatic rings. The zero-order chi connectivity index (χ0) is 18.0. The van der Waals surface area contributed by atoms with Gasteiger partial charge in [0.05, 0.1) is 12.7 Å². The lowest BCUT2D eigenvalue weighted by Crippen LogP contribution is -2.20. The number of methoxy groups -OCH3 is 1. The van der Waals surface area contributed by atoms with E-state index in [0.29, 0.717) is 16.7 Å². The number of fused-ring (bicyclic) bond motifs is 1. The molecule has 0 atom stereocenters. The van der Waals surface area contributed by atoms with Crippen LogP contribution in [0.15, 0.2) is 57.7 Å². The van der Waals surface area contributed by atoms with Gasteiger partial charge in [0, 0.05) is 11.1 Å². The molecule has 7 nitrogen and oxygen atoms in total. The van der Waals surface area contributed by atoms with Gasteiger partial charge in [0.15, 0.2) is 0 Å². The predicted molar refractivity (Wildman–Crippen MR) is 90.4 cm³/mol. The molecule has 0 spiro atoms. The summed E-state index contributed by atoms with van der Waals surface area (Å²) in [5.74, 6) is -1.25. The maximum Gasteiger partial charge on any atom is 0.349 e. The van der Waals surface area contributed by atoms with Crippen molar-refractivity contribution in [1.82, 2.24) is 0 Å². The van der Waals surface area contributed by atoms with Gasteiger partial charge in [-0.2, -0.15) is 0 Å². The molecule has 0 aliphatic carbocycles. The summed E-state index contributed by atoms with van der Waals surface area (Å²) in [4.78, 5) is 35.4. The Hall–Kier alpha value is -3.61. The third-order valence-corrected chi connectivity index (χ3v) is 3.55. The monoisotopic (exact) mass is 339 g/mol. The van der Waals surface area contributed by atoms with Crippen molar-refractivity contribution in [2.45, 2.75) is 0 Å². The molecule has 3 rings (SSSR count). The second-order valence-corrected chi connectivity index (χ2v) is 5.19. The normalized spacial score (nSPS) is 10.4. The fourth-order valence-electron chi connectivity index (χ4n) is 2.32. The van der Waals surface area contributed by atoms with E-state index in [-0.39, 0.29) is 16.8 Å². The highest BCUT2D eigenvalue weighted by Gasteiger charge is 2.15. The van der Waals surface area contributed by atoms with Crippen LogP contribution in [0.3, 0.4) is 0 Å². The number of ether oxygens (including phenoxy) is 1. The van der Waals surface area contributed by atoms with E-state index in [4.69, 9.17) is 14.3 Å². The maximum absolute atomic E-state index is 12.4. The molecule has 7 heteroatoms. The molecule has 1 aromatic heterocycles. The predicted octanol–water partition coefficient (Wildman–Crippen LogP) is 2.75. The molecule has 2 N–H and O–H groups in total. The average molecular weight is 339 g/mol. The molecule has 0 radical (unpaired) electrons. The van der Waals surface area contributed by atoms with Gasteiger partial charge < -0.3 is 19.6 Å². The first kappa shape index (κ1) is 16.3. The molecular weight excluding hydrogens is 326 g/mol. The largest absolute Gasteiger partial charge is 0.497 e. The Balaban J connectivity index is 1.96. The smallest absolute Gasteiger partial charge is 0.349 e. The van der Waals surface area contributed by atoms with Crippen molar-refractivity contribution in [3.63, 3.8) is 0 Å². The minimum atomic E-state index is -1.12. The van der Waals surface area contributed by atoms with E-state index in [1.54, 1.807) is 18.2 Å². The fraction of sp³-hybridized carbons (Fsp3) is 0.0556. The van der Waals surface area contributed by atoms with Crippen molar-refractivity contribution in [2.24, 2.45) is 0 Å². The fourth-order valence-corrected chi connectivity index (χ4v) is 2.32. The number of anilines is 1. The molecule has 1 amide bonds. The van der Waals surface area contributed by atoms with Gasteiger partial charge in [-0.3, -0.25) is 4.79 Å². The number of hydrogen-bond acceptors (Lipinski definition) is 5. The van der Waals surface area contributed by atoms with Crippen molar-refractivity contribution in [2.75, 3.05) is 12.4 Å². The molecule has 0 saturated heterocycles. The standard InChI is InChI=1S/C18H13NO6/c1-24-13-5-6-15-11(8-13)9-14(18(23)25-15)16(20)19-12-4-2-3-10(7-12)17(21)22/h2-9H,1H3,(H,19,20)(H,21,22). The zero-order valence-electron chi connectivity index (χ0n) is 13.1. The van der Waals surface area contributed by atoms with Crippen molar-refractivity contribution in [3.05, 3.63) is 70.1 Å². The molecule has 0 bridgehead atoms. The quantitative estimate of drug-likeness (QED) is 0.708. The highest BCUT2D eigenvalue weighted by Crippen LogP contribution is 2.20. The summed E-state index contributed by atoms with van der Waals surface area (Å²) in [6, 6.07) is 12.0. The number of rotatable bonds is 4. The first-order valence-electron chi connectivity index (χ1n) is 7.24. The van der Waals surface area contributed by atoms with Gasteiger partial charge in [-0.05, 0) is 42.5 Å². The number of hydrogen-bond donors (Lipinski definition) is 2. The third kappa shape index (κ3) is 3.35. The molecule has 0 fully saturated rings. The molecule has 25 heavy (non-hydrogen) atoms. The summed E-state index contributed by atoms with van der Waals surface area (Å²) in [5, 5.41) is 12.0. The van der Waals surface area contributed by atoms with Crippen molar-refractivity contribution in [3.8, 4) is 5.75 Å². The van der Waals surface area contributed by atoms with E-state index in [1.165, 1.54) is 37.4 Å². The first-order chi connectivity index (χ1) is 12.0. The van der Waals surface area contributed by atoms with Crippen molar-refractivity contribution < 1.29 is 23.8 Å². The molecule has 1 heterocycles. The van der Waals surface area contributed by atoms with Crippen LogP contribution in [0.4, 0.5) is 5.69 Å². The summed E-state index contributed by atoms with van der Waals surface area (Å²) in [6.07, 6.45) is 0. The molecule has 0 aliphatic rings. The summed E-state index contributed by atoms with van der Waals surface area (Å²) >= 11 is 0. The minimum absolute atomic E-state index is 0.0214. The van der Waals surface area contributed by atoms with Crippen LogP contribution in [0, 0.1) is 0 Å². The van der Waals surface area contributed by atoms with E-state index in [1.807, 2.05) is 0 Å². The average Bonchev–Trinajstić information content (AvgIpc) is 2.60. The van der Waals surface area contributed by atoms with Gasteiger partial charge in [0.1, 0.15) is 16.9 Å². The number of carbonyl (C=O) groups excluding carboxylic acids is 1. The number of carboxylic acid groups (broad SMARTS) is 1. The van der Waals surface area contributed by atoms with E-state index < -0.39 is 17.5 Å². The van der Waals surface area contributed by atoms with Gasteiger partial charge in [0.25, 0.3) is 5.91 Å². The lowest BCUT2D eigenvalue weighted by molar-refractivity contribution is 0.0696. The number of amides is 1. The van der Waals surface area contributed by atoms with E-state index in [2.05, 4.69) is 5.32 Å². The number of aromatic carboxylic acids is 1. The van der Waals surface area contributed by atoms with Gasteiger partial charge >= 0.3 is 11.6 Å². The number of nitrogens with one attached hydrogen (secondary N) is 1.